The van der Waals surface area contributed by atoms with E-state index < -0.39 is 0 Å². The summed E-state index contributed by atoms with van der Waals surface area (Å²) >= 11 is 1.83. The van der Waals surface area contributed by atoms with Crippen molar-refractivity contribution in [1.82, 2.24) is 0 Å². The van der Waals surface area contributed by atoms with E-state index in [1.165, 1.54) is 32.1 Å². The zero-order valence-corrected chi connectivity index (χ0v) is 9.72. The minimum Gasteiger partial charge on any atom is -0.0713 e. The second-order valence-corrected chi connectivity index (χ2v) is 5.08. The van der Waals surface area contributed by atoms with Gasteiger partial charge in [-0.05, 0) is 30.2 Å². The van der Waals surface area contributed by atoms with Crippen LogP contribution in [0.2, 0.25) is 0 Å². The first-order valence-corrected chi connectivity index (χ1v) is 6.55. The summed E-state index contributed by atoms with van der Waals surface area (Å²) < 4.78 is 0. The van der Waals surface area contributed by atoms with Crippen LogP contribution in [-0.4, -0.2) is 5.25 Å². The zero-order valence-electron chi connectivity index (χ0n) is 8.91. The zero-order chi connectivity index (χ0) is 10.3. The highest BCUT2D eigenvalue weighted by molar-refractivity contribution is 8.04. The normalized spacial score (nSPS) is 16.8. The average Bonchev–Trinajstić information content (AvgIpc) is 2.32. The van der Waals surface area contributed by atoms with E-state index in [0.717, 1.165) is 10.8 Å². The first-order chi connectivity index (χ1) is 7.45. The van der Waals surface area contributed by atoms with Crippen LogP contribution in [-0.2, 0) is 0 Å². The lowest BCUT2D eigenvalue weighted by Crippen LogP contribution is -2.06. The van der Waals surface area contributed by atoms with Gasteiger partial charge in [0.25, 0.3) is 0 Å². The van der Waals surface area contributed by atoms with Gasteiger partial charge in [0.1, 0.15) is 0 Å². The Morgan fingerprint density at radius 2 is 1.73 bits per heavy atom. The molecule has 1 fully saturated rings. The van der Waals surface area contributed by atoms with E-state index in [2.05, 4.69) is 23.3 Å². The summed E-state index contributed by atoms with van der Waals surface area (Å²) in [4.78, 5) is 0. The Hall–Kier alpha value is -0.870. The standard InChI is InChI=1S/C14H16S/c1-3-7-13(8-4-1)11-12-15-14-9-5-2-6-10-14/h1,3-4,7-8,14H,2,5-6,9-10H2. The van der Waals surface area contributed by atoms with E-state index in [-0.39, 0.29) is 0 Å². The Morgan fingerprint density at radius 1 is 1.00 bits per heavy atom. The Kier molecular flexibility index (Phi) is 4.17. The molecule has 0 N–H and O–H groups in total. The van der Waals surface area contributed by atoms with Gasteiger partial charge < -0.3 is 0 Å². The molecule has 0 amide bonds. The molecule has 1 aromatic carbocycles. The van der Waals surface area contributed by atoms with Gasteiger partial charge in [-0.25, -0.2) is 0 Å². The van der Waals surface area contributed by atoms with Crippen LogP contribution < -0.4 is 0 Å². The van der Waals surface area contributed by atoms with Crippen LogP contribution in [0.3, 0.4) is 0 Å². The SMILES string of the molecule is C(#Cc1ccccc1)SC1CCCCC1. The van der Waals surface area contributed by atoms with E-state index in [1.807, 2.05) is 30.0 Å². The van der Waals surface area contributed by atoms with Gasteiger partial charge in [-0.1, -0.05) is 55.1 Å². The van der Waals surface area contributed by atoms with Crippen LogP contribution in [0.5, 0.6) is 0 Å². The first-order valence-electron chi connectivity index (χ1n) is 5.67. The van der Waals surface area contributed by atoms with Gasteiger partial charge in [-0.15, -0.1) is 0 Å². The topological polar surface area (TPSA) is 0 Å². The second kappa shape index (κ2) is 5.88. The van der Waals surface area contributed by atoms with Gasteiger partial charge in [0.15, 0.2) is 0 Å². The third kappa shape index (κ3) is 3.64. The molecule has 0 heterocycles. The van der Waals surface area contributed by atoms with Crippen molar-refractivity contribution in [3.8, 4) is 11.2 Å². The molecule has 1 heteroatoms. The number of benzene rings is 1. The molecule has 1 aliphatic carbocycles. The molecule has 15 heavy (non-hydrogen) atoms. The van der Waals surface area contributed by atoms with Crippen LogP contribution >= 0.6 is 11.8 Å². The van der Waals surface area contributed by atoms with Crippen molar-refractivity contribution in [2.75, 3.05) is 0 Å². The molecular weight excluding hydrogens is 200 g/mol. The maximum Gasteiger partial charge on any atom is 0.0254 e. The van der Waals surface area contributed by atoms with Gasteiger partial charge in [0.05, 0.1) is 0 Å². The smallest absolute Gasteiger partial charge is 0.0254 e. The van der Waals surface area contributed by atoms with E-state index in [1.54, 1.807) is 0 Å². The summed E-state index contributed by atoms with van der Waals surface area (Å²) in [6.07, 6.45) is 6.92. The molecule has 1 aliphatic rings. The van der Waals surface area contributed by atoms with Crippen molar-refractivity contribution in [2.24, 2.45) is 0 Å². The van der Waals surface area contributed by atoms with Gasteiger partial charge >= 0.3 is 0 Å². The van der Waals surface area contributed by atoms with Crippen molar-refractivity contribution in [3.63, 3.8) is 0 Å². The highest BCUT2D eigenvalue weighted by Crippen LogP contribution is 2.27. The highest BCUT2D eigenvalue weighted by Gasteiger charge is 2.12. The fraction of sp³-hybridized carbons (Fsp3) is 0.429. The van der Waals surface area contributed by atoms with Gasteiger partial charge in [-0.2, -0.15) is 0 Å². The van der Waals surface area contributed by atoms with E-state index in [0.29, 0.717) is 0 Å². The summed E-state index contributed by atoms with van der Waals surface area (Å²) in [5, 5.41) is 4.03. The van der Waals surface area contributed by atoms with Crippen molar-refractivity contribution in [1.29, 1.82) is 0 Å². The number of thioether (sulfide) groups is 1. The number of hydrogen-bond donors (Lipinski definition) is 0. The average molecular weight is 216 g/mol. The second-order valence-electron chi connectivity index (χ2n) is 3.97. The van der Waals surface area contributed by atoms with Crippen LogP contribution in [0.4, 0.5) is 0 Å². The molecule has 0 radical (unpaired) electrons. The van der Waals surface area contributed by atoms with E-state index in [4.69, 9.17) is 0 Å². The molecule has 0 bridgehead atoms. The van der Waals surface area contributed by atoms with Crippen LogP contribution in [0, 0.1) is 11.2 Å². The third-order valence-corrected chi connectivity index (χ3v) is 3.77. The lowest BCUT2D eigenvalue weighted by atomic mass is 10.0. The lowest BCUT2D eigenvalue weighted by Gasteiger charge is -2.17. The van der Waals surface area contributed by atoms with Crippen LogP contribution in [0.15, 0.2) is 30.3 Å². The van der Waals surface area contributed by atoms with Crippen molar-refractivity contribution < 1.29 is 0 Å². The van der Waals surface area contributed by atoms with Crippen molar-refractivity contribution in [3.05, 3.63) is 35.9 Å². The Bertz CT molecular complexity index is 339. The number of hydrogen-bond acceptors (Lipinski definition) is 1. The maximum atomic E-state index is 3.24. The fourth-order valence-corrected chi connectivity index (χ4v) is 2.79. The van der Waals surface area contributed by atoms with Crippen molar-refractivity contribution in [2.45, 2.75) is 37.4 Å². The summed E-state index contributed by atoms with van der Waals surface area (Å²) in [5.74, 6) is 3.20. The molecular formula is C14H16S. The molecule has 1 aromatic rings. The predicted molar refractivity (Wildman–Crippen MR) is 67.8 cm³/mol. The third-order valence-electron chi connectivity index (χ3n) is 2.75. The Balaban J connectivity index is 1.84. The Morgan fingerprint density at radius 3 is 2.47 bits per heavy atom. The number of rotatable bonds is 1. The van der Waals surface area contributed by atoms with Gasteiger partial charge in [0, 0.05) is 10.8 Å². The van der Waals surface area contributed by atoms with Gasteiger partial charge in [0.2, 0.25) is 0 Å². The quantitative estimate of drug-likeness (QED) is 0.638. The minimum absolute atomic E-state index is 0.787. The van der Waals surface area contributed by atoms with Crippen LogP contribution in [0.1, 0.15) is 37.7 Å². The molecule has 78 valence electrons. The predicted octanol–water partition coefficient (Wildman–Crippen LogP) is 4.06. The molecule has 0 aliphatic heterocycles. The summed E-state index contributed by atoms with van der Waals surface area (Å²) in [6.45, 7) is 0. The molecule has 0 atom stereocenters. The first kappa shape index (κ1) is 10.6. The maximum absolute atomic E-state index is 3.24. The molecule has 0 spiro atoms. The molecule has 0 aromatic heterocycles. The molecule has 0 nitrogen and oxygen atoms in total. The molecule has 1 saturated carbocycles. The Labute approximate surface area is 96.5 Å². The molecule has 0 unspecified atom stereocenters. The van der Waals surface area contributed by atoms with Crippen LogP contribution in [0.25, 0.3) is 0 Å². The van der Waals surface area contributed by atoms with E-state index >= 15 is 0 Å². The van der Waals surface area contributed by atoms with Gasteiger partial charge in [-0.3, -0.25) is 0 Å². The monoisotopic (exact) mass is 216 g/mol. The van der Waals surface area contributed by atoms with Crippen molar-refractivity contribution >= 4 is 11.8 Å². The molecule has 2 rings (SSSR count). The lowest BCUT2D eigenvalue weighted by molar-refractivity contribution is 0.517. The molecule has 0 saturated heterocycles. The summed E-state index contributed by atoms with van der Waals surface area (Å²) in [5.41, 5.74) is 1.13. The summed E-state index contributed by atoms with van der Waals surface area (Å²) in [7, 11) is 0. The fourth-order valence-electron chi connectivity index (χ4n) is 1.88. The van der Waals surface area contributed by atoms with E-state index in [9.17, 15) is 0 Å². The highest BCUT2D eigenvalue weighted by atomic mass is 32.2. The largest absolute Gasteiger partial charge is 0.0713 e. The minimum atomic E-state index is 0.787. The summed E-state index contributed by atoms with van der Waals surface area (Å²) in [6, 6.07) is 10.2.